The van der Waals surface area contributed by atoms with Gasteiger partial charge in [0.1, 0.15) is 0 Å². The first-order valence-electron chi connectivity index (χ1n) is 8.24. The molecule has 22 heavy (non-hydrogen) atoms. The fourth-order valence-corrected chi connectivity index (χ4v) is 3.59. The molecule has 0 aromatic carbocycles. The van der Waals surface area contributed by atoms with Crippen LogP contribution in [-0.2, 0) is 4.79 Å². The molecule has 1 aromatic rings. The molecule has 1 aliphatic carbocycles. The maximum absolute atomic E-state index is 12.3. The minimum Gasteiger partial charge on any atom is -0.391 e. The summed E-state index contributed by atoms with van der Waals surface area (Å²) in [6.45, 7) is 1.77. The first-order valence-corrected chi connectivity index (χ1v) is 8.24. The molecule has 2 atom stereocenters. The quantitative estimate of drug-likeness (QED) is 0.883. The Kier molecular flexibility index (Phi) is 5.00. The molecule has 2 aliphatic rings. The molecule has 3 rings (SSSR count). The second-order valence-corrected chi connectivity index (χ2v) is 6.29. The Bertz CT molecular complexity index is 488. The van der Waals surface area contributed by atoms with Gasteiger partial charge in [-0.1, -0.05) is 12.8 Å². The number of rotatable bonds is 3. The summed E-state index contributed by atoms with van der Waals surface area (Å²) in [6.07, 6.45) is 9.04. The summed E-state index contributed by atoms with van der Waals surface area (Å²) in [5.74, 6) is 0.397. The predicted molar refractivity (Wildman–Crippen MR) is 83.2 cm³/mol. The van der Waals surface area contributed by atoms with Gasteiger partial charge in [-0.15, -0.1) is 0 Å². The normalized spacial score (nSPS) is 27.5. The van der Waals surface area contributed by atoms with Crippen molar-refractivity contribution in [3.8, 4) is 0 Å². The van der Waals surface area contributed by atoms with E-state index in [2.05, 4.69) is 20.2 Å². The van der Waals surface area contributed by atoms with E-state index in [1.165, 1.54) is 6.42 Å². The van der Waals surface area contributed by atoms with Crippen molar-refractivity contribution in [1.29, 1.82) is 0 Å². The number of hydrogen-bond donors (Lipinski definition) is 2. The molecular formula is C16H24N4O2. The maximum Gasteiger partial charge on any atom is 0.229 e. The molecule has 0 bridgehead atoms. The Hall–Kier alpha value is -1.53. The Morgan fingerprint density at radius 1 is 1.14 bits per heavy atom. The zero-order chi connectivity index (χ0) is 15.4. The lowest BCUT2D eigenvalue weighted by Crippen LogP contribution is -2.49. The van der Waals surface area contributed by atoms with Crippen LogP contribution in [0.4, 0.5) is 5.95 Å². The fraction of sp³-hybridized carbons (Fsp3) is 0.688. The Morgan fingerprint density at radius 2 is 1.82 bits per heavy atom. The van der Waals surface area contributed by atoms with E-state index in [-0.39, 0.29) is 24.0 Å². The van der Waals surface area contributed by atoms with E-state index in [9.17, 15) is 9.90 Å². The van der Waals surface area contributed by atoms with Gasteiger partial charge in [0.05, 0.1) is 6.10 Å². The van der Waals surface area contributed by atoms with E-state index in [0.29, 0.717) is 5.95 Å². The first-order chi connectivity index (χ1) is 10.7. The fourth-order valence-electron chi connectivity index (χ4n) is 3.59. The van der Waals surface area contributed by atoms with Crippen molar-refractivity contribution in [3.05, 3.63) is 18.5 Å². The van der Waals surface area contributed by atoms with Crippen molar-refractivity contribution in [2.24, 2.45) is 5.92 Å². The summed E-state index contributed by atoms with van der Waals surface area (Å²) in [5.41, 5.74) is 0. The molecule has 1 aliphatic heterocycles. The Morgan fingerprint density at radius 3 is 2.50 bits per heavy atom. The van der Waals surface area contributed by atoms with Crippen LogP contribution in [0.1, 0.15) is 38.5 Å². The van der Waals surface area contributed by atoms with Crippen LogP contribution in [0.5, 0.6) is 0 Å². The largest absolute Gasteiger partial charge is 0.391 e. The zero-order valence-electron chi connectivity index (χ0n) is 12.8. The van der Waals surface area contributed by atoms with Gasteiger partial charge in [0.15, 0.2) is 0 Å². The number of hydrogen-bond acceptors (Lipinski definition) is 5. The van der Waals surface area contributed by atoms with Crippen molar-refractivity contribution < 1.29 is 9.90 Å². The molecule has 6 heteroatoms. The van der Waals surface area contributed by atoms with Crippen LogP contribution in [0.3, 0.4) is 0 Å². The smallest absolute Gasteiger partial charge is 0.229 e. The molecule has 120 valence electrons. The van der Waals surface area contributed by atoms with Gasteiger partial charge >= 0.3 is 0 Å². The molecule has 0 radical (unpaired) electrons. The lowest BCUT2D eigenvalue weighted by atomic mass is 9.88. The van der Waals surface area contributed by atoms with E-state index in [1.54, 1.807) is 18.5 Å². The van der Waals surface area contributed by atoms with Gasteiger partial charge in [-0.05, 0) is 44.8 Å². The second-order valence-electron chi connectivity index (χ2n) is 6.29. The second kappa shape index (κ2) is 7.15. The molecule has 1 saturated heterocycles. The maximum atomic E-state index is 12.3. The Balaban J connectivity index is 1.50. The van der Waals surface area contributed by atoms with Gasteiger partial charge in [0.25, 0.3) is 0 Å². The number of aliphatic hydroxyl groups excluding tert-OH is 1. The third-order valence-electron chi connectivity index (χ3n) is 4.86. The van der Waals surface area contributed by atoms with E-state index in [4.69, 9.17) is 0 Å². The molecule has 0 spiro atoms. The molecular weight excluding hydrogens is 280 g/mol. The van der Waals surface area contributed by atoms with Crippen LogP contribution < -0.4 is 5.32 Å². The number of nitrogens with zero attached hydrogens (tertiary/aromatic N) is 3. The highest BCUT2D eigenvalue weighted by Crippen LogP contribution is 2.27. The topological polar surface area (TPSA) is 78.4 Å². The number of anilines is 1. The van der Waals surface area contributed by atoms with E-state index < -0.39 is 0 Å². The number of carbonyl (C=O) groups is 1. The molecule has 2 fully saturated rings. The number of carbonyl (C=O) groups excluding carboxylic acids is 1. The lowest BCUT2D eigenvalue weighted by molar-refractivity contribution is -0.121. The number of likely N-dealkylation sites (tertiary alicyclic amines) is 1. The molecule has 1 aromatic heterocycles. The van der Waals surface area contributed by atoms with Crippen LogP contribution in [0.25, 0.3) is 0 Å². The summed E-state index contributed by atoms with van der Waals surface area (Å²) in [6, 6.07) is 2.01. The summed E-state index contributed by atoms with van der Waals surface area (Å²) in [5, 5.41) is 12.9. The minimum atomic E-state index is -0.197. The highest BCUT2D eigenvalue weighted by molar-refractivity contribution is 5.90. The predicted octanol–water partition coefficient (Wildman–Crippen LogP) is 1.43. The summed E-state index contributed by atoms with van der Waals surface area (Å²) >= 11 is 0. The molecule has 2 heterocycles. The Labute approximate surface area is 131 Å². The summed E-state index contributed by atoms with van der Waals surface area (Å²) < 4.78 is 0. The molecule has 2 N–H and O–H groups in total. The first kappa shape index (κ1) is 15.4. The third-order valence-corrected chi connectivity index (χ3v) is 4.86. The standard InChI is InChI=1S/C16H24N4O2/c21-14-5-2-1-4-13(14)20-10-6-12(7-11-20)15(22)19-16-17-8-3-9-18-16/h3,8-9,12-14,21H,1-2,4-7,10-11H2,(H,17,18,19,22)/t13-,14+/m1/s1. The number of aromatic nitrogens is 2. The van der Waals surface area contributed by atoms with Crippen molar-refractivity contribution in [3.63, 3.8) is 0 Å². The number of nitrogens with one attached hydrogen (secondary N) is 1. The van der Waals surface area contributed by atoms with Gasteiger partial charge in [-0.3, -0.25) is 15.0 Å². The van der Waals surface area contributed by atoms with Crippen molar-refractivity contribution in [2.45, 2.75) is 50.7 Å². The average Bonchev–Trinajstić information content (AvgIpc) is 2.56. The number of amides is 1. The molecule has 1 saturated carbocycles. The third kappa shape index (κ3) is 3.62. The van der Waals surface area contributed by atoms with E-state index >= 15 is 0 Å². The molecule has 6 nitrogen and oxygen atoms in total. The molecule has 0 unspecified atom stereocenters. The number of piperidine rings is 1. The van der Waals surface area contributed by atoms with Gasteiger partial charge in [-0.2, -0.15) is 0 Å². The van der Waals surface area contributed by atoms with E-state index in [0.717, 1.165) is 45.2 Å². The van der Waals surface area contributed by atoms with Crippen LogP contribution in [0, 0.1) is 5.92 Å². The lowest BCUT2D eigenvalue weighted by Gasteiger charge is -2.41. The van der Waals surface area contributed by atoms with Crippen LogP contribution in [-0.4, -0.2) is 51.1 Å². The highest BCUT2D eigenvalue weighted by Gasteiger charge is 2.33. The SMILES string of the molecule is O=C(Nc1ncccn1)C1CCN([C@@H]2CCCC[C@@H]2O)CC1. The summed E-state index contributed by atoms with van der Waals surface area (Å²) in [4.78, 5) is 22.7. The van der Waals surface area contributed by atoms with Crippen molar-refractivity contribution >= 4 is 11.9 Å². The van der Waals surface area contributed by atoms with Crippen LogP contribution in [0.15, 0.2) is 18.5 Å². The van der Waals surface area contributed by atoms with Gasteiger partial charge in [-0.25, -0.2) is 9.97 Å². The molecule has 1 amide bonds. The van der Waals surface area contributed by atoms with E-state index in [1.807, 2.05) is 0 Å². The summed E-state index contributed by atoms with van der Waals surface area (Å²) in [7, 11) is 0. The van der Waals surface area contributed by atoms with Crippen LogP contribution >= 0.6 is 0 Å². The van der Waals surface area contributed by atoms with Gasteiger partial charge < -0.3 is 5.11 Å². The van der Waals surface area contributed by atoms with Crippen molar-refractivity contribution in [1.82, 2.24) is 14.9 Å². The van der Waals surface area contributed by atoms with Gasteiger partial charge in [0, 0.05) is 24.4 Å². The van der Waals surface area contributed by atoms with Gasteiger partial charge in [0.2, 0.25) is 11.9 Å². The average molecular weight is 304 g/mol. The monoisotopic (exact) mass is 304 g/mol. The van der Waals surface area contributed by atoms with Crippen molar-refractivity contribution in [2.75, 3.05) is 18.4 Å². The highest BCUT2D eigenvalue weighted by atomic mass is 16.3. The number of aliphatic hydroxyl groups is 1. The minimum absolute atomic E-state index is 0.00930. The van der Waals surface area contributed by atoms with Crippen LogP contribution in [0.2, 0.25) is 0 Å². The zero-order valence-corrected chi connectivity index (χ0v) is 12.8.